The molecule has 1 aliphatic heterocycles. The van der Waals surface area contributed by atoms with Gasteiger partial charge in [0.15, 0.2) is 0 Å². The third kappa shape index (κ3) is 3.43. The Hall–Kier alpha value is -2.82. The quantitative estimate of drug-likeness (QED) is 0.841. The molecule has 2 amide bonds. The molecular formula is C21H25N3O2. The second kappa shape index (κ2) is 7.20. The number of hydrogen-bond donors (Lipinski definition) is 1. The largest absolute Gasteiger partial charge is 0.378 e. The highest BCUT2D eigenvalue weighted by atomic mass is 16.2. The minimum Gasteiger partial charge on any atom is -0.378 e. The van der Waals surface area contributed by atoms with Crippen LogP contribution in [0.15, 0.2) is 42.5 Å². The summed E-state index contributed by atoms with van der Waals surface area (Å²) in [7, 11) is 3.94. The molecule has 1 fully saturated rings. The van der Waals surface area contributed by atoms with Gasteiger partial charge in [-0.1, -0.05) is 30.3 Å². The zero-order valence-electron chi connectivity index (χ0n) is 15.7. The van der Waals surface area contributed by atoms with Gasteiger partial charge in [0.25, 0.3) is 5.91 Å². The van der Waals surface area contributed by atoms with Crippen molar-refractivity contribution in [3.05, 3.63) is 59.2 Å². The van der Waals surface area contributed by atoms with Gasteiger partial charge >= 0.3 is 0 Å². The highest BCUT2D eigenvalue weighted by Crippen LogP contribution is 2.30. The molecule has 0 spiro atoms. The number of amides is 2. The molecule has 0 bridgehead atoms. The van der Waals surface area contributed by atoms with Crippen LogP contribution in [0.4, 0.5) is 11.4 Å². The molecule has 0 aromatic heterocycles. The normalized spacial score (nSPS) is 14.6. The number of anilines is 2. The highest BCUT2D eigenvalue weighted by Gasteiger charge is 2.36. The Balaban J connectivity index is 1.91. The maximum atomic E-state index is 13.1. The van der Waals surface area contributed by atoms with E-state index in [0.717, 1.165) is 28.1 Å². The van der Waals surface area contributed by atoms with E-state index in [9.17, 15) is 9.59 Å². The van der Waals surface area contributed by atoms with Crippen molar-refractivity contribution in [1.29, 1.82) is 0 Å². The molecule has 5 nitrogen and oxygen atoms in total. The molecule has 2 aromatic rings. The van der Waals surface area contributed by atoms with Crippen molar-refractivity contribution in [2.24, 2.45) is 0 Å². The molecule has 0 radical (unpaired) electrons. The average Bonchev–Trinajstić information content (AvgIpc) is 2.61. The van der Waals surface area contributed by atoms with Gasteiger partial charge in [-0.15, -0.1) is 0 Å². The van der Waals surface area contributed by atoms with Crippen molar-refractivity contribution in [3.8, 4) is 0 Å². The number of carbonyl (C=O) groups excluding carboxylic acids is 2. The van der Waals surface area contributed by atoms with E-state index in [4.69, 9.17) is 0 Å². The van der Waals surface area contributed by atoms with Crippen LogP contribution in [-0.2, 0) is 9.59 Å². The SMILES string of the molecule is Cc1cccc(C)c1NC(=O)[C@H](c1ccc(N(C)C)cc1)N1CCC1=O. The van der Waals surface area contributed by atoms with Crippen LogP contribution in [0.3, 0.4) is 0 Å². The van der Waals surface area contributed by atoms with Crippen LogP contribution < -0.4 is 10.2 Å². The monoisotopic (exact) mass is 351 g/mol. The Morgan fingerprint density at radius 1 is 1.08 bits per heavy atom. The summed E-state index contributed by atoms with van der Waals surface area (Å²) in [4.78, 5) is 28.8. The van der Waals surface area contributed by atoms with Crippen LogP contribution in [0.25, 0.3) is 0 Å². The van der Waals surface area contributed by atoms with Crippen LogP contribution >= 0.6 is 0 Å². The van der Waals surface area contributed by atoms with Crippen LogP contribution in [0, 0.1) is 13.8 Å². The first kappa shape index (κ1) is 18.0. The lowest BCUT2D eigenvalue weighted by Gasteiger charge is -2.37. The van der Waals surface area contributed by atoms with Gasteiger partial charge in [0, 0.05) is 38.4 Å². The maximum Gasteiger partial charge on any atom is 0.251 e. The summed E-state index contributed by atoms with van der Waals surface area (Å²) < 4.78 is 0. The molecule has 1 atom stereocenters. The third-order valence-electron chi connectivity index (χ3n) is 4.90. The predicted molar refractivity (Wildman–Crippen MR) is 104 cm³/mol. The molecule has 5 heteroatoms. The standard InChI is InChI=1S/C21H25N3O2/c1-14-6-5-7-15(2)19(14)22-21(26)20(24-13-12-18(24)25)16-8-10-17(11-9-16)23(3)4/h5-11,20H,12-13H2,1-4H3,(H,22,26)/t20-/m0/s1. The van der Waals surface area contributed by atoms with E-state index in [1.165, 1.54) is 0 Å². The number of benzene rings is 2. The number of para-hydroxylation sites is 1. The molecule has 3 rings (SSSR count). The summed E-state index contributed by atoms with van der Waals surface area (Å²) in [5, 5.41) is 3.04. The van der Waals surface area contributed by atoms with E-state index in [1.807, 2.05) is 75.3 Å². The first-order valence-electron chi connectivity index (χ1n) is 8.82. The molecule has 0 saturated carbocycles. The fraction of sp³-hybridized carbons (Fsp3) is 0.333. The second-order valence-corrected chi connectivity index (χ2v) is 6.98. The lowest BCUT2D eigenvalue weighted by molar-refractivity contribution is -0.147. The van der Waals surface area contributed by atoms with Crippen molar-refractivity contribution in [2.45, 2.75) is 26.3 Å². The predicted octanol–water partition coefficient (Wildman–Crippen LogP) is 3.28. The molecule has 1 N–H and O–H groups in total. The van der Waals surface area contributed by atoms with Crippen molar-refractivity contribution >= 4 is 23.2 Å². The second-order valence-electron chi connectivity index (χ2n) is 6.98. The van der Waals surface area contributed by atoms with Crippen molar-refractivity contribution < 1.29 is 9.59 Å². The Kier molecular flexibility index (Phi) is 4.98. The average molecular weight is 351 g/mol. The number of β-lactam (4-membered cyclic amide) rings is 1. The van der Waals surface area contributed by atoms with Crippen LogP contribution in [0.5, 0.6) is 0 Å². The Labute approximate surface area is 154 Å². The summed E-state index contributed by atoms with van der Waals surface area (Å²) in [5.41, 5.74) is 4.72. The van der Waals surface area contributed by atoms with E-state index in [2.05, 4.69) is 5.32 Å². The van der Waals surface area contributed by atoms with Crippen molar-refractivity contribution in [2.75, 3.05) is 30.9 Å². The zero-order chi connectivity index (χ0) is 18.8. The van der Waals surface area contributed by atoms with Crippen LogP contribution in [0.1, 0.15) is 29.2 Å². The first-order chi connectivity index (χ1) is 12.4. The Bertz CT molecular complexity index is 807. The summed E-state index contributed by atoms with van der Waals surface area (Å²) in [6.45, 7) is 4.55. The summed E-state index contributed by atoms with van der Waals surface area (Å²) in [6.07, 6.45) is 0.503. The lowest BCUT2D eigenvalue weighted by Crippen LogP contribution is -2.49. The number of hydrogen-bond acceptors (Lipinski definition) is 3. The molecule has 0 unspecified atom stereocenters. The number of aryl methyl sites for hydroxylation is 2. The van der Waals surface area contributed by atoms with E-state index >= 15 is 0 Å². The zero-order valence-corrected chi connectivity index (χ0v) is 15.7. The third-order valence-corrected chi connectivity index (χ3v) is 4.90. The van der Waals surface area contributed by atoms with Crippen molar-refractivity contribution in [3.63, 3.8) is 0 Å². The number of likely N-dealkylation sites (tertiary alicyclic amines) is 1. The van der Waals surface area contributed by atoms with Crippen LogP contribution in [-0.4, -0.2) is 37.4 Å². The van der Waals surface area contributed by atoms with Gasteiger partial charge in [-0.3, -0.25) is 9.59 Å². The molecular weight excluding hydrogens is 326 g/mol. The molecule has 1 heterocycles. The molecule has 2 aromatic carbocycles. The minimum absolute atomic E-state index is 0.0170. The van der Waals surface area contributed by atoms with Gasteiger partial charge in [-0.25, -0.2) is 0 Å². The fourth-order valence-electron chi connectivity index (χ4n) is 3.24. The maximum absolute atomic E-state index is 13.1. The smallest absolute Gasteiger partial charge is 0.251 e. The molecule has 136 valence electrons. The molecule has 0 aliphatic carbocycles. The summed E-state index contributed by atoms with van der Waals surface area (Å²) >= 11 is 0. The van der Waals surface area contributed by atoms with Gasteiger partial charge in [-0.2, -0.15) is 0 Å². The number of nitrogens with zero attached hydrogens (tertiary/aromatic N) is 2. The summed E-state index contributed by atoms with van der Waals surface area (Å²) in [5.74, 6) is -0.156. The molecule has 1 saturated heterocycles. The number of carbonyl (C=O) groups is 2. The highest BCUT2D eigenvalue weighted by molar-refractivity contribution is 6.00. The van der Waals surface area contributed by atoms with E-state index in [-0.39, 0.29) is 11.8 Å². The molecule has 26 heavy (non-hydrogen) atoms. The molecule has 1 aliphatic rings. The van der Waals surface area contributed by atoms with Gasteiger partial charge in [-0.05, 0) is 42.7 Å². The van der Waals surface area contributed by atoms with E-state index < -0.39 is 6.04 Å². The van der Waals surface area contributed by atoms with Crippen LogP contribution in [0.2, 0.25) is 0 Å². The first-order valence-corrected chi connectivity index (χ1v) is 8.82. The van der Waals surface area contributed by atoms with Gasteiger partial charge < -0.3 is 15.1 Å². The van der Waals surface area contributed by atoms with E-state index in [1.54, 1.807) is 4.90 Å². The van der Waals surface area contributed by atoms with Crippen molar-refractivity contribution in [1.82, 2.24) is 4.90 Å². The Morgan fingerprint density at radius 2 is 1.69 bits per heavy atom. The Morgan fingerprint density at radius 3 is 2.15 bits per heavy atom. The van der Waals surface area contributed by atoms with E-state index in [0.29, 0.717) is 13.0 Å². The lowest BCUT2D eigenvalue weighted by atomic mass is 9.99. The number of nitrogens with one attached hydrogen (secondary N) is 1. The van der Waals surface area contributed by atoms with Gasteiger partial charge in [0.1, 0.15) is 6.04 Å². The summed E-state index contributed by atoms with van der Waals surface area (Å²) in [6, 6.07) is 13.1. The van der Waals surface area contributed by atoms with Gasteiger partial charge in [0.2, 0.25) is 5.91 Å². The topological polar surface area (TPSA) is 52.7 Å². The van der Waals surface area contributed by atoms with Gasteiger partial charge in [0.05, 0.1) is 0 Å². The fourth-order valence-corrected chi connectivity index (χ4v) is 3.24. The number of rotatable bonds is 5. The minimum atomic E-state index is -0.605.